The molecule has 4 nitrogen and oxygen atoms in total. The van der Waals surface area contributed by atoms with Crippen LogP contribution < -0.4 is 5.32 Å². The van der Waals surface area contributed by atoms with Gasteiger partial charge in [-0.15, -0.1) is 10.2 Å². The summed E-state index contributed by atoms with van der Waals surface area (Å²) in [7, 11) is 0. The maximum absolute atomic E-state index is 5.29. The number of nitrogens with zero attached hydrogens (tertiary/aromatic N) is 2. The summed E-state index contributed by atoms with van der Waals surface area (Å²) in [4.78, 5) is 0. The fraction of sp³-hybridized carbons (Fsp3) is 0.455. The van der Waals surface area contributed by atoms with Gasteiger partial charge >= 0.3 is 0 Å². The first-order valence-electron chi connectivity index (χ1n) is 5.27. The lowest BCUT2D eigenvalue weighted by Gasteiger charge is -2.10. The van der Waals surface area contributed by atoms with Crippen molar-refractivity contribution in [3.8, 4) is 0 Å². The standard InChI is InChI=1S/C11H15N3OS/c1-8(5-10-3-4-16-7-10)12-6-11-14-13-9(2)15-11/h3-4,7-8,12H,5-6H2,1-2H3. The number of hydrogen-bond acceptors (Lipinski definition) is 5. The number of aromatic nitrogens is 2. The van der Waals surface area contributed by atoms with E-state index in [2.05, 4.69) is 39.3 Å². The van der Waals surface area contributed by atoms with Crippen molar-refractivity contribution in [3.05, 3.63) is 34.2 Å². The molecule has 0 aliphatic rings. The van der Waals surface area contributed by atoms with Crippen molar-refractivity contribution in [1.82, 2.24) is 15.5 Å². The summed E-state index contributed by atoms with van der Waals surface area (Å²) in [5.41, 5.74) is 1.37. The maximum atomic E-state index is 5.29. The van der Waals surface area contributed by atoms with Crippen molar-refractivity contribution in [3.63, 3.8) is 0 Å². The molecule has 0 saturated carbocycles. The fourth-order valence-corrected chi connectivity index (χ4v) is 2.19. The van der Waals surface area contributed by atoms with Crippen LogP contribution in [0.5, 0.6) is 0 Å². The zero-order valence-electron chi connectivity index (χ0n) is 9.43. The highest BCUT2D eigenvalue weighted by molar-refractivity contribution is 7.07. The van der Waals surface area contributed by atoms with Crippen LogP contribution in [0.25, 0.3) is 0 Å². The van der Waals surface area contributed by atoms with Crippen LogP contribution in [0.3, 0.4) is 0 Å². The third kappa shape index (κ3) is 3.15. The molecule has 86 valence electrons. The summed E-state index contributed by atoms with van der Waals surface area (Å²) >= 11 is 1.73. The van der Waals surface area contributed by atoms with Gasteiger partial charge in [0.1, 0.15) is 0 Å². The molecule has 0 fully saturated rings. The van der Waals surface area contributed by atoms with E-state index < -0.39 is 0 Å². The molecule has 1 atom stereocenters. The molecule has 2 rings (SSSR count). The van der Waals surface area contributed by atoms with Crippen molar-refractivity contribution < 1.29 is 4.42 Å². The molecule has 2 aromatic heterocycles. The van der Waals surface area contributed by atoms with Gasteiger partial charge < -0.3 is 9.73 Å². The fourth-order valence-electron chi connectivity index (χ4n) is 1.51. The van der Waals surface area contributed by atoms with Crippen molar-refractivity contribution in [2.24, 2.45) is 0 Å². The van der Waals surface area contributed by atoms with Gasteiger partial charge in [0.15, 0.2) is 0 Å². The summed E-state index contributed by atoms with van der Waals surface area (Å²) in [6.45, 7) is 4.58. The first kappa shape index (κ1) is 11.3. The maximum Gasteiger partial charge on any atom is 0.230 e. The quantitative estimate of drug-likeness (QED) is 0.865. The monoisotopic (exact) mass is 237 g/mol. The van der Waals surface area contributed by atoms with Crippen LogP contribution in [0.15, 0.2) is 21.2 Å². The molecule has 0 radical (unpaired) electrons. The molecule has 0 bridgehead atoms. The van der Waals surface area contributed by atoms with E-state index >= 15 is 0 Å². The second-order valence-corrected chi connectivity index (χ2v) is 4.61. The topological polar surface area (TPSA) is 51.0 Å². The Morgan fingerprint density at radius 1 is 1.50 bits per heavy atom. The largest absolute Gasteiger partial charge is 0.424 e. The Bertz CT molecular complexity index is 424. The summed E-state index contributed by atoms with van der Waals surface area (Å²) in [5, 5.41) is 15.4. The van der Waals surface area contributed by atoms with Gasteiger partial charge in [-0.05, 0) is 35.7 Å². The van der Waals surface area contributed by atoms with E-state index in [0.29, 0.717) is 24.4 Å². The molecule has 0 amide bonds. The van der Waals surface area contributed by atoms with Gasteiger partial charge in [0.05, 0.1) is 6.54 Å². The second-order valence-electron chi connectivity index (χ2n) is 3.83. The zero-order chi connectivity index (χ0) is 11.4. The predicted octanol–water partition coefficient (Wildman–Crippen LogP) is 2.16. The Balaban J connectivity index is 1.77. The van der Waals surface area contributed by atoms with E-state index in [-0.39, 0.29) is 0 Å². The second kappa shape index (κ2) is 5.23. The van der Waals surface area contributed by atoms with Gasteiger partial charge in [0.2, 0.25) is 11.8 Å². The van der Waals surface area contributed by atoms with Gasteiger partial charge in [-0.1, -0.05) is 0 Å². The minimum absolute atomic E-state index is 0.404. The van der Waals surface area contributed by atoms with Crippen molar-refractivity contribution in [2.45, 2.75) is 32.9 Å². The van der Waals surface area contributed by atoms with Crippen LogP contribution in [0.2, 0.25) is 0 Å². The van der Waals surface area contributed by atoms with E-state index in [1.54, 1.807) is 18.3 Å². The third-order valence-electron chi connectivity index (χ3n) is 2.29. The van der Waals surface area contributed by atoms with Crippen LogP contribution in [0.4, 0.5) is 0 Å². The van der Waals surface area contributed by atoms with Crippen molar-refractivity contribution in [1.29, 1.82) is 0 Å². The number of nitrogens with one attached hydrogen (secondary N) is 1. The van der Waals surface area contributed by atoms with Crippen molar-refractivity contribution >= 4 is 11.3 Å². The minimum atomic E-state index is 0.404. The van der Waals surface area contributed by atoms with E-state index in [1.807, 2.05) is 0 Å². The molecular weight excluding hydrogens is 222 g/mol. The molecule has 0 aliphatic carbocycles. The zero-order valence-corrected chi connectivity index (χ0v) is 10.3. The van der Waals surface area contributed by atoms with E-state index in [0.717, 1.165) is 6.42 Å². The van der Waals surface area contributed by atoms with Gasteiger partial charge in [0.25, 0.3) is 0 Å². The Hall–Kier alpha value is -1.20. The average Bonchev–Trinajstić information content (AvgIpc) is 2.87. The Kier molecular flexibility index (Phi) is 3.69. The minimum Gasteiger partial charge on any atom is -0.424 e. The number of aryl methyl sites for hydroxylation is 1. The van der Waals surface area contributed by atoms with Gasteiger partial charge in [-0.3, -0.25) is 0 Å². The summed E-state index contributed by atoms with van der Waals surface area (Å²) in [6, 6.07) is 2.56. The molecule has 1 unspecified atom stereocenters. The smallest absolute Gasteiger partial charge is 0.230 e. The molecule has 16 heavy (non-hydrogen) atoms. The normalized spacial score (nSPS) is 12.9. The van der Waals surface area contributed by atoms with Gasteiger partial charge in [-0.25, -0.2) is 0 Å². The van der Waals surface area contributed by atoms with Crippen LogP contribution in [-0.2, 0) is 13.0 Å². The summed E-state index contributed by atoms with van der Waals surface area (Å²) in [5.74, 6) is 1.26. The lowest BCUT2D eigenvalue weighted by atomic mass is 10.1. The van der Waals surface area contributed by atoms with Gasteiger partial charge in [0, 0.05) is 13.0 Å². The Morgan fingerprint density at radius 2 is 2.38 bits per heavy atom. The SMILES string of the molecule is Cc1nnc(CNC(C)Cc2ccsc2)o1. The molecule has 2 aromatic rings. The number of thiophene rings is 1. The first-order chi connectivity index (χ1) is 7.74. The highest BCUT2D eigenvalue weighted by Gasteiger charge is 2.06. The Labute approximate surface area is 98.7 Å². The number of rotatable bonds is 5. The molecule has 0 spiro atoms. The molecule has 0 aliphatic heterocycles. The van der Waals surface area contributed by atoms with Crippen molar-refractivity contribution in [2.75, 3.05) is 0 Å². The lowest BCUT2D eigenvalue weighted by Crippen LogP contribution is -2.27. The predicted molar refractivity (Wildman–Crippen MR) is 63.4 cm³/mol. The number of hydrogen-bond donors (Lipinski definition) is 1. The molecule has 1 N–H and O–H groups in total. The van der Waals surface area contributed by atoms with E-state index in [1.165, 1.54) is 5.56 Å². The summed E-state index contributed by atoms with van der Waals surface area (Å²) < 4.78 is 5.29. The molecule has 0 aromatic carbocycles. The van der Waals surface area contributed by atoms with Crippen LogP contribution in [-0.4, -0.2) is 16.2 Å². The molecule has 2 heterocycles. The highest BCUT2D eigenvalue weighted by atomic mass is 32.1. The Morgan fingerprint density at radius 3 is 3.00 bits per heavy atom. The van der Waals surface area contributed by atoms with E-state index in [4.69, 9.17) is 4.42 Å². The molecule has 5 heteroatoms. The van der Waals surface area contributed by atoms with Crippen LogP contribution in [0, 0.1) is 6.92 Å². The molecule has 0 saturated heterocycles. The van der Waals surface area contributed by atoms with Crippen LogP contribution in [0.1, 0.15) is 24.3 Å². The highest BCUT2D eigenvalue weighted by Crippen LogP contribution is 2.08. The average molecular weight is 237 g/mol. The molecular formula is C11H15N3OS. The third-order valence-corrected chi connectivity index (χ3v) is 3.02. The lowest BCUT2D eigenvalue weighted by molar-refractivity contribution is 0.426. The van der Waals surface area contributed by atoms with E-state index in [9.17, 15) is 0 Å². The summed E-state index contributed by atoms with van der Waals surface area (Å²) in [6.07, 6.45) is 1.02. The first-order valence-corrected chi connectivity index (χ1v) is 6.22. The van der Waals surface area contributed by atoms with Crippen LogP contribution >= 0.6 is 11.3 Å². The van der Waals surface area contributed by atoms with Gasteiger partial charge in [-0.2, -0.15) is 11.3 Å².